The molecule has 0 atom stereocenters. The van der Waals surface area contributed by atoms with Gasteiger partial charge in [-0.15, -0.1) is 0 Å². The second kappa shape index (κ2) is 10.5. The maximum absolute atomic E-state index is 13.7. The van der Waals surface area contributed by atoms with Gasteiger partial charge in [0.05, 0.1) is 34.0 Å². The van der Waals surface area contributed by atoms with Crippen molar-refractivity contribution in [1.29, 1.82) is 0 Å². The summed E-state index contributed by atoms with van der Waals surface area (Å²) in [5, 5.41) is 3.93. The number of methoxy groups -OCH3 is 4. The first-order valence-electron chi connectivity index (χ1n) is 12.4. The third-order valence-electron chi connectivity index (χ3n) is 6.93. The highest BCUT2D eigenvalue weighted by Gasteiger charge is 2.27. The number of benzene rings is 3. The molecule has 1 heterocycles. The number of hydrogen-bond donors (Lipinski definition) is 1. The zero-order valence-electron chi connectivity index (χ0n) is 21.6. The van der Waals surface area contributed by atoms with E-state index in [2.05, 4.69) is 5.32 Å². The van der Waals surface area contributed by atoms with Gasteiger partial charge >= 0.3 is 0 Å². The van der Waals surface area contributed by atoms with E-state index in [0.29, 0.717) is 39.5 Å². The fraction of sp³-hybridized carbons (Fsp3) is 0.300. The number of ether oxygens (including phenoxy) is 4. The van der Waals surface area contributed by atoms with Gasteiger partial charge in [-0.25, -0.2) is 0 Å². The lowest BCUT2D eigenvalue weighted by Crippen LogP contribution is -2.32. The monoisotopic (exact) mass is 501 g/mol. The number of amides is 1. The standard InChI is InChI=1S/C30H31NO6/c1-33-21-11-9-18(10-12-21)29-27(19-13-22(34-2)15-23(14-19)35-3)28-25(16-24(36-4)17-26(28)37-29)30(32)31-20-7-5-6-8-20/h9-17,20H,5-8H2,1-4H3,(H,31,32). The van der Waals surface area contributed by atoms with Gasteiger partial charge in [0.1, 0.15) is 34.3 Å². The van der Waals surface area contributed by atoms with E-state index in [9.17, 15) is 4.79 Å². The van der Waals surface area contributed by atoms with Crippen LogP contribution in [-0.4, -0.2) is 40.4 Å². The third kappa shape index (κ3) is 4.81. The molecule has 192 valence electrons. The van der Waals surface area contributed by atoms with Crippen molar-refractivity contribution in [3.05, 3.63) is 60.2 Å². The van der Waals surface area contributed by atoms with Crippen LogP contribution in [0.25, 0.3) is 33.4 Å². The predicted molar refractivity (Wildman–Crippen MR) is 143 cm³/mol. The Morgan fingerprint density at radius 2 is 1.35 bits per heavy atom. The number of carbonyl (C=O) groups excluding carboxylic acids is 1. The molecule has 37 heavy (non-hydrogen) atoms. The maximum Gasteiger partial charge on any atom is 0.252 e. The van der Waals surface area contributed by atoms with Crippen LogP contribution in [0.1, 0.15) is 36.0 Å². The SMILES string of the molecule is COc1ccc(-c2oc3cc(OC)cc(C(=O)NC4CCCC4)c3c2-c2cc(OC)cc(OC)c2)cc1. The van der Waals surface area contributed by atoms with Crippen LogP contribution in [0, 0.1) is 0 Å². The second-order valence-electron chi connectivity index (χ2n) is 9.14. The van der Waals surface area contributed by atoms with E-state index in [1.54, 1.807) is 34.5 Å². The lowest BCUT2D eigenvalue weighted by molar-refractivity contribution is 0.0939. The summed E-state index contributed by atoms with van der Waals surface area (Å²) in [6, 6.07) is 17.1. The number of hydrogen-bond acceptors (Lipinski definition) is 6. The molecule has 7 nitrogen and oxygen atoms in total. The first-order valence-corrected chi connectivity index (χ1v) is 12.4. The molecule has 0 radical (unpaired) electrons. The van der Waals surface area contributed by atoms with E-state index in [1.807, 2.05) is 48.5 Å². The van der Waals surface area contributed by atoms with E-state index in [-0.39, 0.29) is 11.9 Å². The molecule has 4 aromatic rings. The van der Waals surface area contributed by atoms with Gasteiger partial charge < -0.3 is 28.7 Å². The van der Waals surface area contributed by atoms with Crippen molar-refractivity contribution in [1.82, 2.24) is 5.32 Å². The minimum Gasteiger partial charge on any atom is -0.497 e. The van der Waals surface area contributed by atoms with E-state index >= 15 is 0 Å². The van der Waals surface area contributed by atoms with Crippen LogP contribution in [0.3, 0.4) is 0 Å². The minimum absolute atomic E-state index is 0.144. The summed E-state index contributed by atoms with van der Waals surface area (Å²) < 4.78 is 28.5. The quantitative estimate of drug-likeness (QED) is 0.298. The molecule has 0 bridgehead atoms. The average molecular weight is 502 g/mol. The molecule has 1 saturated carbocycles. The van der Waals surface area contributed by atoms with Gasteiger partial charge in [0.15, 0.2) is 0 Å². The van der Waals surface area contributed by atoms with Crippen molar-refractivity contribution in [2.75, 3.05) is 28.4 Å². The number of fused-ring (bicyclic) bond motifs is 1. The normalized spacial score (nSPS) is 13.5. The minimum atomic E-state index is -0.144. The van der Waals surface area contributed by atoms with Crippen LogP contribution in [-0.2, 0) is 0 Å². The molecule has 0 saturated heterocycles. The van der Waals surface area contributed by atoms with Gasteiger partial charge in [0, 0.05) is 34.7 Å². The lowest BCUT2D eigenvalue weighted by Gasteiger charge is -2.14. The molecule has 1 N–H and O–H groups in total. The highest BCUT2D eigenvalue weighted by atomic mass is 16.5. The van der Waals surface area contributed by atoms with Gasteiger partial charge in [-0.3, -0.25) is 4.79 Å². The van der Waals surface area contributed by atoms with Crippen LogP contribution in [0.2, 0.25) is 0 Å². The van der Waals surface area contributed by atoms with Crippen molar-refractivity contribution in [3.8, 4) is 45.4 Å². The molecule has 7 heteroatoms. The van der Waals surface area contributed by atoms with E-state index < -0.39 is 0 Å². The van der Waals surface area contributed by atoms with Crippen molar-refractivity contribution in [3.63, 3.8) is 0 Å². The van der Waals surface area contributed by atoms with Crippen molar-refractivity contribution in [2.45, 2.75) is 31.7 Å². The average Bonchev–Trinajstić information content (AvgIpc) is 3.59. The summed E-state index contributed by atoms with van der Waals surface area (Å²) in [6.07, 6.45) is 4.23. The molecule has 0 aliphatic heterocycles. The third-order valence-corrected chi connectivity index (χ3v) is 6.93. The van der Waals surface area contributed by atoms with Crippen LogP contribution < -0.4 is 24.3 Å². The molecule has 0 spiro atoms. The molecule has 1 aromatic heterocycles. The molecule has 1 amide bonds. The predicted octanol–water partition coefficient (Wildman–Crippen LogP) is 6.47. The Bertz CT molecular complexity index is 1390. The molecule has 1 aliphatic rings. The molecule has 0 unspecified atom stereocenters. The van der Waals surface area contributed by atoms with Gasteiger partial charge in [-0.2, -0.15) is 0 Å². The Balaban J connectivity index is 1.79. The molecular formula is C30H31NO6. The van der Waals surface area contributed by atoms with Crippen molar-refractivity contribution in [2.24, 2.45) is 0 Å². The highest BCUT2D eigenvalue weighted by molar-refractivity contribution is 6.14. The first-order chi connectivity index (χ1) is 18.0. The van der Waals surface area contributed by atoms with Gasteiger partial charge in [-0.05, 0) is 60.9 Å². The maximum atomic E-state index is 13.7. The van der Waals surface area contributed by atoms with Crippen LogP contribution in [0.5, 0.6) is 23.0 Å². The Kier molecular flexibility index (Phi) is 6.95. The van der Waals surface area contributed by atoms with Crippen LogP contribution in [0.15, 0.2) is 59.0 Å². The molecule has 5 rings (SSSR count). The summed E-state index contributed by atoms with van der Waals surface area (Å²) in [7, 11) is 6.44. The number of carbonyl (C=O) groups is 1. The fourth-order valence-corrected chi connectivity index (χ4v) is 5.01. The summed E-state index contributed by atoms with van der Waals surface area (Å²) in [4.78, 5) is 13.7. The van der Waals surface area contributed by atoms with Crippen molar-refractivity contribution < 1.29 is 28.2 Å². The zero-order valence-corrected chi connectivity index (χ0v) is 21.6. The second-order valence-corrected chi connectivity index (χ2v) is 9.14. The zero-order chi connectivity index (χ0) is 25.9. The molecule has 3 aromatic carbocycles. The summed E-state index contributed by atoms with van der Waals surface area (Å²) in [5.41, 5.74) is 3.48. The summed E-state index contributed by atoms with van der Waals surface area (Å²) >= 11 is 0. The highest BCUT2D eigenvalue weighted by Crippen LogP contribution is 2.45. The number of nitrogens with one attached hydrogen (secondary N) is 1. The molecular weight excluding hydrogens is 470 g/mol. The van der Waals surface area contributed by atoms with E-state index in [1.165, 1.54) is 0 Å². The summed E-state index contributed by atoms with van der Waals surface area (Å²) in [6.45, 7) is 0. The van der Waals surface area contributed by atoms with Crippen LogP contribution in [0.4, 0.5) is 0 Å². The van der Waals surface area contributed by atoms with E-state index in [0.717, 1.165) is 48.1 Å². The Morgan fingerprint density at radius 3 is 1.95 bits per heavy atom. The van der Waals surface area contributed by atoms with Gasteiger partial charge in [0.2, 0.25) is 0 Å². The number of furan rings is 1. The Morgan fingerprint density at radius 1 is 0.757 bits per heavy atom. The van der Waals surface area contributed by atoms with Gasteiger partial charge in [-0.1, -0.05) is 12.8 Å². The molecule has 1 aliphatic carbocycles. The Labute approximate surface area is 216 Å². The smallest absolute Gasteiger partial charge is 0.252 e. The number of rotatable bonds is 8. The van der Waals surface area contributed by atoms with Crippen LogP contribution >= 0.6 is 0 Å². The largest absolute Gasteiger partial charge is 0.497 e. The topological polar surface area (TPSA) is 79.2 Å². The lowest BCUT2D eigenvalue weighted by atomic mass is 9.95. The van der Waals surface area contributed by atoms with Gasteiger partial charge in [0.25, 0.3) is 5.91 Å². The first kappa shape index (κ1) is 24.6. The van der Waals surface area contributed by atoms with Crippen molar-refractivity contribution >= 4 is 16.9 Å². The van der Waals surface area contributed by atoms with E-state index in [4.69, 9.17) is 23.4 Å². The molecule has 1 fully saturated rings. The Hall–Kier alpha value is -4.13. The summed E-state index contributed by atoms with van der Waals surface area (Å²) in [5.74, 6) is 3.03. The fourth-order valence-electron chi connectivity index (χ4n) is 5.01.